The Hall–Kier alpha value is -2.99. The molecule has 0 radical (unpaired) electrons. The van der Waals surface area contributed by atoms with Crippen molar-refractivity contribution in [1.29, 1.82) is 0 Å². The van der Waals surface area contributed by atoms with Crippen LogP contribution in [0.4, 0.5) is 0 Å². The lowest BCUT2D eigenvalue weighted by Gasteiger charge is -2.29. The van der Waals surface area contributed by atoms with E-state index >= 15 is 0 Å². The number of carbonyl (C=O) groups excluding carboxylic acids is 1. The van der Waals surface area contributed by atoms with Gasteiger partial charge in [0.15, 0.2) is 0 Å². The van der Waals surface area contributed by atoms with E-state index in [0.29, 0.717) is 5.56 Å². The summed E-state index contributed by atoms with van der Waals surface area (Å²) in [5.74, 6) is -0.363. The molecule has 0 fully saturated rings. The molecule has 0 spiro atoms. The maximum atomic E-state index is 11.3. The van der Waals surface area contributed by atoms with E-state index in [9.17, 15) is 4.79 Å². The summed E-state index contributed by atoms with van der Waals surface area (Å²) in [5.41, 5.74) is 10.7. The van der Waals surface area contributed by atoms with Crippen LogP contribution in [0, 0.1) is 0 Å². The van der Waals surface area contributed by atoms with Gasteiger partial charge in [-0.3, -0.25) is 9.69 Å². The molecule has 6 nitrogen and oxygen atoms in total. The number of rotatable bonds is 4. The zero-order chi connectivity index (χ0) is 17.2. The SMILES string of the molecule is NC(=O)c1ccc2c(c1)CCN(Cc1ccc(-n3cncn3)cc1)C2. The van der Waals surface area contributed by atoms with Crippen molar-refractivity contribution in [3.05, 3.63) is 77.4 Å². The van der Waals surface area contributed by atoms with Gasteiger partial charge in [0.1, 0.15) is 12.7 Å². The first-order valence-corrected chi connectivity index (χ1v) is 8.27. The molecule has 6 heteroatoms. The van der Waals surface area contributed by atoms with Crippen LogP contribution >= 0.6 is 0 Å². The number of aromatic nitrogens is 3. The minimum absolute atomic E-state index is 0.363. The number of primary amides is 1. The Balaban J connectivity index is 1.45. The van der Waals surface area contributed by atoms with Gasteiger partial charge in [0, 0.05) is 25.2 Å². The summed E-state index contributed by atoms with van der Waals surface area (Å²) >= 11 is 0. The number of hydrogen-bond donors (Lipinski definition) is 1. The Kier molecular flexibility index (Phi) is 4.03. The summed E-state index contributed by atoms with van der Waals surface area (Å²) in [5, 5.41) is 4.14. The van der Waals surface area contributed by atoms with Crippen LogP contribution in [0.15, 0.2) is 55.1 Å². The summed E-state index contributed by atoms with van der Waals surface area (Å²) in [6.45, 7) is 2.76. The van der Waals surface area contributed by atoms with Crippen LogP contribution in [0.2, 0.25) is 0 Å². The minimum Gasteiger partial charge on any atom is -0.366 e. The van der Waals surface area contributed by atoms with Gasteiger partial charge in [-0.05, 0) is 47.4 Å². The molecule has 1 amide bonds. The summed E-state index contributed by atoms with van der Waals surface area (Å²) in [6, 6.07) is 14.1. The standard InChI is InChI=1S/C19H19N5O/c20-19(25)16-3-4-17-11-23(8-7-15(17)9-16)10-14-1-5-18(6-2-14)24-13-21-12-22-24/h1-6,9,12-13H,7-8,10-11H2,(H2,20,25). The number of nitrogens with two attached hydrogens (primary N) is 1. The Morgan fingerprint density at radius 2 is 1.96 bits per heavy atom. The van der Waals surface area contributed by atoms with E-state index in [0.717, 1.165) is 31.7 Å². The smallest absolute Gasteiger partial charge is 0.248 e. The van der Waals surface area contributed by atoms with Crippen molar-refractivity contribution >= 4 is 5.91 Å². The van der Waals surface area contributed by atoms with E-state index in [1.165, 1.54) is 23.0 Å². The lowest BCUT2D eigenvalue weighted by molar-refractivity contribution is 0.1000. The number of benzene rings is 2. The second-order valence-electron chi connectivity index (χ2n) is 6.31. The van der Waals surface area contributed by atoms with Gasteiger partial charge >= 0.3 is 0 Å². The lowest BCUT2D eigenvalue weighted by Crippen LogP contribution is -2.30. The Bertz CT molecular complexity index is 887. The number of hydrogen-bond acceptors (Lipinski definition) is 4. The van der Waals surface area contributed by atoms with Gasteiger partial charge in [-0.15, -0.1) is 0 Å². The molecule has 1 aliphatic rings. The highest BCUT2D eigenvalue weighted by Gasteiger charge is 2.17. The normalized spacial score (nSPS) is 14.2. The monoisotopic (exact) mass is 333 g/mol. The van der Waals surface area contributed by atoms with Crippen LogP contribution < -0.4 is 5.73 Å². The number of nitrogens with zero attached hydrogens (tertiary/aromatic N) is 4. The van der Waals surface area contributed by atoms with Crippen molar-refractivity contribution in [3.63, 3.8) is 0 Å². The molecule has 0 bridgehead atoms. The largest absolute Gasteiger partial charge is 0.366 e. The maximum absolute atomic E-state index is 11.3. The molecular formula is C19H19N5O. The summed E-state index contributed by atoms with van der Waals surface area (Å²) < 4.78 is 1.75. The molecular weight excluding hydrogens is 314 g/mol. The van der Waals surface area contributed by atoms with Crippen molar-refractivity contribution in [3.8, 4) is 5.69 Å². The first kappa shape index (κ1) is 15.5. The molecule has 25 heavy (non-hydrogen) atoms. The van der Waals surface area contributed by atoms with Crippen molar-refractivity contribution < 1.29 is 4.79 Å². The molecule has 0 unspecified atom stereocenters. The zero-order valence-electron chi connectivity index (χ0n) is 13.8. The fraction of sp³-hybridized carbons (Fsp3) is 0.211. The van der Waals surface area contributed by atoms with Crippen molar-refractivity contribution in [2.24, 2.45) is 5.73 Å². The van der Waals surface area contributed by atoms with E-state index in [4.69, 9.17) is 5.73 Å². The summed E-state index contributed by atoms with van der Waals surface area (Å²) in [7, 11) is 0. The van der Waals surface area contributed by atoms with E-state index in [1.54, 1.807) is 11.0 Å². The first-order chi connectivity index (χ1) is 12.2. The molecule has 0 saturated carbocycles. The quantitative estimate of drug-likeness (QED) is 0.791. The predicted molar refractivity (Wildman–Crippen MR) is 94.1 cm³/mol. The summed E-state index contributed by atoms with van der Waals surface area (Å²) in [4.78, 5) is 17.7. The Morgan fingerprint density at radius 3 is 2.68 bits per heavy atom. The van der Waals surface area contributed by atoms with Gasteiger partial charge in [-0.2, -0.15) is 5.10 Å². The fourth-order valence-corrected chi connectivity index (χ4v) is 3.25. The molecule has 1 aliphatic heterocycles. The molecule has 1 aromatic heterocycles. The molecule has 0 atom stereocenters. The van der Waals surface area contributed by atoms with E-state index < -0.39 is 0 Å². The van der Waals surface area contributed by atoms with Crippen LogP contribution in [-0.2, 0) is 19.5 Å². The number of carbonyl (C=O) groups is 1. The second-order valence-corrected chi connectivity index (χ2v) is 6.31. The highest BCUT2D eigenvalue weighted by atomic mass is 16.1. The third kappa shape index (κ3) is 3.29. The highest BCUT2D eigenvalue weighted by molar-refractivity contribution is 5.93. The maximum Gasteiger partial charge on any atom is 0.248 e. The number of fused-ring (bicyclic) bond motifs is 1. The predicted octanol–water partition coefficient (Wildman–Crippen LogP) is 1.92. The van der Waals surface area contributed by atoms with Gasteiger partial charge in [0.2, 0.25) is 5.91 Å². The van der Waals surface area contributed by atoms with Crippen LogP contribution in [0.3, 0.4) is 0 Å². The molecule has 3 aromatic rings. The van der Waals surface area contributed by atoms with Crippen LogP contribution in [0.5, 0.6) is 0 Å². The van der Waals surface area contributed by atoms with Crippen LogP contribution in [-0.4, -0.2) is 32.1 Å². The van der Waals surface area contributed by atoms with Crippen LogP contribution in [0.25, 0.3) is 5.69 Å². The molecule has 4 rings (SSSR count). The van der Waals surface area contributed by atoms with Crippen molar-refractivity contribution in [1.82, 2.24) is 19.7 Å². The van der Waals surface area contributed by atoms with E-state index in [2.05, 4.69) is 39.2 Å². The molecule has 0 aliphatic carbocycles. The average molecular weight is 333 g/mol. The van der Waals surface area contributed by atoms with Gasteiger partial charge in [0.25, 0.3) is 0 Å². The Morgan fingerprint density at radius 1 is 1.12 bits per heavy atom. The topological polar surface area (TPSA) is 77.0 Å². The summed E-state index contributed by atoms with van der Waals surface area (Å²) in [6.07, 6.45) is 4.16. The van der Waals surface area contributed by atoms with Crippen LogP contribution in [0.1, 0.15) is 27.0 Å². The second kappa shape index (κ2) is 6.49. The molecule has 126 valence electrons. The third-order valence-electron chi connectivity index (χ3n) is 4.61. The van der Waals surface area contributed by atoms with E-state index in [-0.39, 0.29) is 5.91 Å². The molecule has 2 aromatic carbocycles. The van der Waals surface area contributed by atoms with E-state index in [1.807, 2.05) is 18.2 Å². The lowest BCUT2D eigenvalue weighted by atomic mass is 9.96. The number of amides is 1. The minimum atomic E-state index is -0.363. The van der Waals surface area contributed by atoms with Gasteiger partial charge < -0.3 is 5.73 Å². The molecule has 0 saturated heterocycles. The third-order valence-corrected chi connectivity index (χ3v) is 4.61. The van der Waals surface area contributed by atoms with Gasteiger partial charge in [0.05, 0.1) is 5.69 Å². The van der Waals surface area contributed by atoms with Crippen molar-refractivity contribution in [2.75, 3.05) is 6.54 Å². The first-order valence-electron chi connectivity index (χ1n) is 8.27. The average Bonchev–Trinajstić information content (AvgIpc) is 3.16. The molecule has 2 N–H and O–H groups in total. The zero-order valence-corrected chi connectivity index (χ0v) is 13.8. The molecule has 2 heterocycles. The van der Waals surface area contributed by atoms with Gasteiger partial charge in [-0.1, -0.05) is 18.2 Å². The van der Waals surface area contributed by atoms with Crippen molar-refractivity contribution in [2.45, 2.75) is 19.5 Å². The highest BCUT2D eigenvalue weighted by Crippen LogP contribution is 2.22. The Labute approximate surface area is 145 Å². The fourth-order valence-electron chi connectivity index (χ4n) is 3.25. The van der Waals surface area contributed by atoms with Gasteiger partial charge in [-0.25, -0.2) is 9.67 Å².